The third kappa shape index (κ3) is 2.99. The van der Waals surface area contributed by atoms with Gasteiger partial charge in [0.15, 0.2) is 0 Å². The SMILES string of the molecule is C[Si](C)(C)CCOC(=O)c1ccc2c3c(ccc(Br)c13)CC2. The molecule has 1 aliphatic carbocycles. The molecule has 0 bridgehead atoms. The highest BCUT2D eigenvalue weighted by atomic mass is 79.9. The predicted molar refractivity (Wildman–Crippen MR) is 97.5 cm³/mol. The van der Waals surface area contributed by atoms with E-state index in [2.05, 4.69) is 47.7 Å². The van der Waals surface area contributed by atoms with Gasteiger partial charge in [-0.15, -0.1) is 0 Å². The maximum Gasteiger partial charge on any atom is 0.338 e. The number of rotatable bonds is 4. The molecule has 0 aromatic heterocycles. The minimum atomic E-state index is -1.18. The normalized spacial score (nSPS) is 13.6. The van der Waals surface area contributed by atoms with Gasteiger partial charge in [0.2, 0.25) is 0 Å². The molecule has 0 unspecified atom stereocenters. The van der Waals surface area contributed by atoms with E-state index in [1.807, 2.05) is 12.1 Å². The second-order valence-electron chi connectivity index (χ2n) is 7.18. The van der Waals surface area contributed by atoms with Gasteiger partial charge in [-0.05, 0) is 47.5 Å². The molecule has 2 aromatic carbocycles. The monoisotopic (exact) mass is 376 g/mol. The predicted octanol–water partition coefficient (Wildman–Crippen LogP) is 5.20. The average molecular weight is 377 g/mol. The number of ether oxygens (including phenoxy) is 1. The number of carbonyl (C=O) groups excluding carboxylic acids is 1. The average Bonchev–Trinajstić information content (AvgIpc) is 2.85. The highest BCUT2D eigenvalue weighted by molar-refractivity contribution is 9.10. The minimum absolute atomic E-state index is 0.199. The van der Waals surface area contributed by atoms with E-state index in [4.69, 9.17) is 4.74 Å². The summed E-state index contributed by atoms with van der Waals surface area (Å²) in [6, 6.07) is 9.21. The smallest absolute Gasteiger partial charge is 0.338 e. The summed E-state index contributed by atoms with van der Waals surface area (Å²) in [6.45, 7) is 7.39. The summed E-state index contributed by atoms with van der Waals surface area (Å²) in [5, 5.41) is 2.26. The van der Waals surface area contributed by atoms with E-state index in [1.165, 1.54) is 16.5 Å². The first-order valence-electron chi connectivity index (χ1n) is 7.77. The molecule has 0 amide bonds. The fourth-order valence-corrected chi connectivity index (χ4v) is 4.24. The molecule has 0 atom stereocenters. The third-order valence-electron chi connectivity index (χ3n) is 4.25. The van der Waals surface area contributed by atoms with Crippen molar-refractivity contribution in [2.45, 2.75) is 38.5 Å². The van der Waals surface area contributed by atoms with Gasteiger partial charge < -0.3 is 4.74 Å². The van der Waals surface area contributed by atoms with Crippen molar-refractivity contribution in [3.05, 3.63) is 45.4 Å². The largest absolute Gasteiger partial charge is 0.462 e. The van der Waals surface area contributed by atoms with E-state index >= 15 is 0 Å². The van der Waals surface area contributed by atoms with Crippen LogP contribution in [-0.4, -0.2) is 20.7 Å². The van der Waals surface area contributed by atoms with Crippen LogP contribution in [0.3, 0.4) is 0 Å². The molecule has 22 heavy (non-hydrogen) atoms. The van der Waals surface area contributed by atoms with Crippen molar-refractivity contribution in [2.75, 3.05) is 6.61 Å². The Kier molecular flexibility index (Phi) is 4.16. The summed E-state index contributed by atoms with van der Waals surface area (Å²) in [7, 11) is -1.18. The van der Waals surface area contributed by atoms with Gasteiger partial charge in [0.1, 0.15) is 0 Å². The Labute approximate surface area is 141 Å². The Hall–Kier alpha value is -1.13. The van der Waals surface area contributed by atoms with Crippen LogP contribution in [0, 0.1) is 0 Å². The number of halogens is 1. The van der Waals surface area contributed by atoms with Crippen LogP contribution in [0.4, 0.5) is 0 Å². The molecule has 0 radical (unpaired) electrons. The Morgan fingerprint density at radius 3 is 2.36 bits per heavy atom. The summed E-state index contributed by atoms with van der Waals surface area (Å²) in [6.07, 6.45) is 2.13. The fraction of sp³-hybridized carbons (Fsp3) is 0.389. The van der Waals surface area contributed by atoms with Gasteiger partial charge >= 0.3 is 5.97 Å². The lowest BCUT2D eigenvalue weighted by Gasteiger charge is -2.16. The molecule has 0 fully saturated rings. The highest BCUT2D eigenvalue weighted by Crippen LogP contribution is 2.37. The molecule has 1 aliphatic rings. The first-order valence-corrected chi connectivity index (χ1v) is 12.3. The first-order chi connectivity index (χ1) is 10.4. The van der Waals surface area contributed by atoms with Crippen molar-refractivity contribution in [1.82, 2.24) is 0 Å². The van der Waals surface area contributed by atoms with Crippen molar-refractivity contribution in [3.8, 4) is 0 Å². The highest BCUT2D eigenvalue weighted by Gasteiger charge is 2.22. The Morgan fingerprint density at radius 1 is 1.09 bits per heavy atom. The molecule has 2 nitrogen and oxygen atoms in total. The van der Waals surface area contributed by atoms with E-state index in [-0.39, 0.29) is 5.97 Å². The number of carbonyl (C=O) groups is 1. The van der Waals surface area contributed by atoms with Gasteiger partial charge in [-0.1, -0.05) is 47.7 Å². The summed E-state index contributed by atoms with van der Waals surface area (Å²) in [5.41, 5.74) is 3.36. The van der Waals surface area contributed by atoms with Crippen LogP contribution in [0.1, 0.15) is 21.5 Å². The molecule has 0 saturated carbocycles. The third-order valence-corrected chi connectivity index (χ3v) is 6.62. The summed E-state index contributed by atoms with van der Waals surface area (Å²) < 4.78 is 6.52. The van der Waals surface area contributed by atoms with Crippen LogP contribution in [0.2, 0.25) is 25.7 Å². The van der Waals surface area contributed by atoms with Gasteiger partial charge in [-0.3, -0.25) is 0 Å². The number of aryl methyl sites for hydroxylation is 2. The fourth-order valence-electron chi connectivity index (χ4n) is 2.98. The van der Waals surface area contributed by atoms with E-state index in [0.717, 1.165) is 28.7 Å². The number of esters is 1. The van der Waals surface area contributed by atoms with Crippen molar-refractivity contribution in [2.24, 2.45) is 0 Å². The summed E-state index contributed by atoms with van der Waals surface area (Å²) in [5.74, 6) is -0.199. The minimum Gasteiger partial charge on any atom is -0.462 e. The van der Waals surface area contributed by atoms with E-state index < -0.39 is 8.07 Å². The van der Waals surface area contributed by atoms with Crippen LogP contribution < -0.4 is 0 Å². The van der Waals surface area contributed by atoms with Crippen molar-refractivity contribution < 1.29 is 9.53 Å². The number of benzene rings is 2. The molecular weight excluding hydrogens is 356 g/mol. The van der Waals surface area contributed by atoms with Gasteiger partial charge in [-0.2, -0.15) is 0 Å². The molecular formula is C18H21BrO2Si. The van der Waals surface area contributed by atoms with Crippen LogP contribution >= 0.6 is 15.9 Å². The lowest BCUT2D eigenvalue weighted by molar-refractivity contribution is 0.0527. The Balaban J connectivity index is 1.93. The van der Waals surface area contributed by atoms with Crippen LogP contribution in [0.25, 0.3) is 10.8 Å². The van der Waals surface area contributed by atoms with Gasteiger partial charge in [0, 0.05) is 17.9 Å². The second kappa shape index (κ2) is 5.82. The molecule has 0 aliphatic heterocycles. The van der Waals surface area contributed by atoms with Crippen molar-refractivity contribution in [3.63, 3.8) is 0 Å². The van der Waals surface area contributed by atoms with Gasteiger partial charge in [0.05, 0.1) is 12.2 Å². The molecule has 2 aromatic rings. The molecule has 0 spiro atoms. The molecule has 4 heteroatoms. The van der Waals surface area contributed by atoms with Crippen molar-refractivity contribution >= 4 is 40.7 Å². The quantitative estimate of drug-likeness (QED) is 0.541. The maximum atomic E-state index is 12.5. The Morgan fingerprint density at radius 2 is 1.73 bits per heavy atom. The number of hydrogen-bond acceptors (Lipinski definition) is 2. The van der Waals surface area contributed by atoms with E-state index in [9.17, 15) is 4.79 Å². The molecule has 0 heterocycles. The number of hydrogen-bond donors (Lipinski definition) is 0. The van der Waals surface area contributed by atoms with Crippen LogP contribution in [0.5, 0.6) is 0 Å². The lowest BCUT2D eigenvalue weighted by Crippen LogP contribution is -2.22. The zero-order valence-electron chi connectivity index (χ0n) is 13.3. The maximum absolute atomic E-state index is 12.5. The summed E-state index contributed by atoms with van der Waals surface area (Å²) >= 11 is 3.61. The van der Waals surface area contributed by atoms with E-state index in [0.29, 0.717) is 12.2 Å². The zero-order chi connectivity index (χ0) is 15.9. The van der Waals surface area contributed by atoms with Crippen LogP contribution in [0.15, 0.2) is 28.7 Å². The zero-order valence-corrected chi connectivity index (χ0v) is 15.9. The standard InChI is InChI=1S/C18H21BrO2Si/c1-22(2,3)11-10-21-18(20)14-8-6-12-4-5-13-7-9-15(19)17(14)16(12)13/h6-9H,4-5,10-11H2,1-3H3. The van der Waals surface area contributed by atoms with Crippen LogP contribution in [-0.2, 0) is 17.6 Å². The topological polar surface area (TPSA) is 26.3 Å². The molecule has 3 rings (SSSR count). The van der Waals surface area contributed by atoms with E-state index in [1.54, 1.807) is 0 Å². The first kappa shape index (κ1) is 15.8. The van der Waals surface area contributed by atoms with Gasteiger partial charge in [0.25, 0.3) is 0 Å². The molecule has 0 saturated heterocycles. The summed E-state index contributed by atoms with van der Waals surface area (Å²) in [4.78, 5) is 12.5. The molecule has 0 N–H and O–H groups in total. The lowest BCUT2D eigenvalue weighted by atomic mass is 10.00. The Bertz CT molecular complexity index is 737. The second-order valence-corrected chi connectivity index (χ2v) is 13.7. The molecule has 116 valence electrons. The van der Waals surface area contributed by atoms with Gasteiger partial charge in [-0.25, -0.2) is 4.79 Å². The van der Waals surface area contributed by atoms with Crippen molar-refractivity contribution in [1.29, 1.82) is 0 Å².